The van der Waals surface area contributed by atoms with Gasteiger partial charge in [-0.25, -0.2) is 0 Å². The summed E-state index contributed by atoms with van der Waals surface area (Å²) in [6, 6.07) is 23.2. The smallest absolute Gasteiger partial charge is 0.243 e. The molecule has 7 nitrogen and oxygen atoms in total. The van der Waals surface area contributed by atoms with Crippen molar-refractivity contribution >= 4 is 23.5 Å². The van der Waals surface area contributed by atoms with E-state index >= 15 is 0 Å². The Labute approximate surface area is 198 Å². The molecule has 0 fully saturated rings. The normalized spacial score (nSPS) is 12.3. The van der Waals surface area contributed by atoms with E-state index in [0.29, 0.717) is 11.1 Å². The molecule has 0 saturated carbocycles. The van der Waals surface area contributed by atoms with E-state index in [1.807, 2.05) is 36.4 Å². The number of amides is 3. The van der Waals surface area contributed by atoms with E-state index in [4.69, 9.17) is 5.73 Å². The monoisotopic (exact) mass is 457 g/mol. The number of nitrogens with one attached hydrogen (secondary N) is 2. The van der Waals surface area contributed by atoms with E-state index in [9.17, 15) is 19.2 Å². The minimum absolute atomic E-state index is 0.106. The van der Waals surface area contributed by atoms with Gasteiger partial charge in [-0.15, -0.1) is 0 Å². The van der Waals surface area contributed by atoms with Gasteiger partial charge in [-0.2, -0.15) is 0 Å². The number of benzene rings is 3. The number of hydrogen-bond acceptors (Lipinski definition) is 4. The van der Waals surface area contributed by atoms with E-state index in [-0.39, 0.29) is 24.5 Å². The molecule has 0 radical (unpaired) electrons. The Bertz CT molecular complexity index is 1150. The van der Waals surface area contributed by atoms with Crippen LogP contribution in [0, 0.1) is 0 Å². The van der Waals surface area contributed by atoms with Gasteiger partial charge in [0.1, 0.15) is 12.1 Å². The van der Waals surface area contributed by atoms with Crippen LogP contribution in [0.25, 0.3) is 0 Å². The van der Waals surface area contributed by atoms with Crippen molar-refractivity contribution in [2.75, 3.05) is 0 Å². The van der Waals surface area contributed by atoms with Crippen molar-refractivity contribution in [3.63, 3.8) is 0 Å². The molecule has 3 amide bonds. The SMILES string of the molecule is CC(=O)N[C@@H](Cc1ccccc1)C(=O)N[C@@H](Cc1ccc(C(=O)c2ccccc2)cc1)C(N)=O. The number of carbonyl (C=O) groups is 4. The van der Waals surface area contributed by atoms with Gasteiger partial charge in [0.15, 0.2) is 5.78 Å². The average molecular weight is 458 g/mol. The molecule has 0 aromatic heterocycles. The largest absolute Gasteiger partial charge is 0.368 e. The third kappa shape index (κ3) is 6.87. The van der Waals surface area contributed by atoms with Gasteiger partial charge in [0, 0.05) is 30.9 Å². The van der Waals surface area contributed by atoms with Gasteiger partial charge in [0.25, 0.3) is 0 Å². The molecule has 34 heavy (non-hydrogen) atoms. The standard InChI is InChI=1S/C27H27N3O4/c1-18(31)29-24(17-19-8-4-2-5-9-19)27(34)30-23(26(28)33)16-20-12-14-22(15-13-20)25(32)21-10-6-3-7-11-21/h2-15,23-24H,16-17H2,1H3,(H2,28,33)(H,29,31)(H,30,34)/t23-,24-/m0/s1. The predicted octanol–water partition coefficient (Wildman–Crippen LogP) is 2.18. The Hall–Kier alpha value is -4.26. The second kappa shape index (κ2) is 11.6. The van der Waals surface area contributed by atoms with Crippen LogP contribution < -0.4 is 16.4 Å². The van der Waals surface area contributed by atoms with Gasteiger partial charge in [-0.3, -0.25) is 19.2 Å². The van der Waals surface area contributed by atoms with E-state index in [2.05, 4.69) is 10.6 Å². The summed E-state index contributed by atoms with van der Waals surface area (Å²) in [4.78, 5) is 49.2. The van der Waals surface area contributed by atoms with Crippen LogP contribution in [-0.2, 0) is 27.2 Å². The first-order chi connectivity index (χ1) is 16.3. The Balaban J connectivity index is 1.69. The maximum Gasteiger partial charge on any atom is 0.243 e. The molecular weight excluding hydrogens is 430 g/mol. The fourth-order valence-electron chi connectivity index (χ4n) is 3.58. The van der Waals surface area contributed by atoms with Crippen LogP contribution in [0.15, 0.2) is 84.9 Å². The quantitative estimate of drug-likeness (QED) is 0.404. The van der Waals surface area contributed by atoms with Crippen LogP contribution in [0.2, 0.25) is 0 Å². The van der Waals surface area contributed by atoms with Crippen molar-refractivity contribution in [2.24, 2.45) is 5.73 Å². The summed E-state index contributed by atoms with van der Waals surface area (Å²) in [6.07, 6.45) is 0.424. The number of ketones is 1. The summed E-state index contributed by atoms with van der Waals surface area (Å²) in [6.45, 7) is 1.33. The maximum atomic E-state index is 12.9. The van der Waals surface area contributed by atoms with Crippen molar-refractivity contribution in [3.8, 4) is 0 Å². The molecule has 0 spiro atoms. The van der Waals surface area contributed by atoms with Crippen LogP contribution >= 0.6 is 0 Å². The van der Waals surface area contributed by atoms with Crippen LogP contribution in [0.4, 0.5) is 0 Å². The number of carbonyl (C=O) groups excluding carboxylic acids is 4. The molecule has 2 atom stereocenters. The second-order valence-corrected chi connectivity index (χ2v) is 8.00. The lowest BCUT2D eigenvalue weighted by Gasteiger charge is -2.22. The van der Waals surface area contributed by atoms with Crippen LogP contribution in [-0.4, -0.2) is 35.6 Å². The molecule has 0 aliphatic heterocycles. The first kappa shape index (κ1) is 24.4. The van der Waals surface area contributed by atoms with Crippen molar-refractivity contribution in [1.82, 2.24) is 10.6 Å². The Morgan fingerprint density at radius 2 is 1.18 bits per heavy atom. The fourth-order valence-corrected chi connectivity index (χ4v) is 3.58. The fraction of sp³-hybridized carbons (Fsp3) is 0.185. The number of hydrogen-bond donors (Lipinski definition) is 3. The van der Waals surface area contributed by atoms with Crippen LogP contribution in [0.5, 0.6) is 0 Å². The highest BCUT2D eigenvalue weighted by Crippen LogP contribution is 2.13. The molecular formula is C27H27N3O4. The molecule has 0 aliphatic rings. The highest BCUT2D eigenvalue weighted by Gasteiger charge is 2.25. The summed E-state index contributed by atoms with van der Waals surface area (Å²) in [7, 11) is 0. The summed E-state index contributed by atoms with van der Waals surface area (Å²) < 4.78 is 0. The minimum Gasteiger partial charge on any atom is -0.368 e. The van der Waals surface area contributed by atoms with Gasteiger partial charge in [-0.05, 0) is 11.1 Å². The van der Waals surface area contributed by atoms with Crippen molar-refractivity contribution in [1.29, 1.82) is 0 Å². The minimum atomic E-state index is -0.977. The third-order valence-corrected chi connectivity index (χ3v) is 5.33. The zero-order valence-corrected chi connectivity index (χ0v) is 18.9. The molecule has 0 unspecified atom stereocenters. The molecule has 3 aromatic carbocycles. The first-order valence-corrected chi connectivity index (χ1v) is 10.9. The predicted molar refractivity (Wildman–Crippen MR) is 129 cm³/mol. The Morgan fingerprint density at radius 3 is 1.74 bits per heavy atom. The summed E-state index contributed by atoms with van der Waals surface area (Å²) in [5.74, 6) is -1.66. The number of nitrogens with two attached hydrogens (primary N) is 1. The van der Waals surface area contributed by atoms with Crippen LogP contribution in [0.1, 0.15) is 34.0 Å². The number of rotatable bonds is 10. The lowest BCUT2D eigenvalue weighted by atomic mass is 9.99. The van der Waals surface area contributed by atoms with Crippen molar-refractivity contribution < 1.29 is 19.2 Å². The van der Waals surface area contributed by atoms with E-state index in [1.165, 1.54) is 6.92 Å². The molecule has 0 aliphatic carbocycles. The van der Waals surface area contributed by atoms with E-state index in [1.54, 1.807) is 48.5 Å². The molecule has 7 heteroatoms. The van der Waals surface area contributed by atoms with E-state index in [0.717, 1.165) is 11.1 Å². The zero-order chi connectivity index (χ0) is 24.5. The first-order valence-electron chi connectivity index (χ1n) is 10.9. The Morgan fingerprint density at radius 1 is 0.676 bits per heavy atom. The highest BCUT2D eigenvalue weighted by atomic mass is 16.2. The molecule has 4 N–H and O–H groups in total. The average Bonchev–Trinajstić information content (AvgIpc) is 2.84. The number of primary amides is 1. The molecule has 3 aromatic rings. The molecule has 0 heterocycles. The summed E-state index contributed by atoms with van der Waals surface area (Å²) >= 11 is 0. The zero-order valence-electron chi connectivity index (χ0n) is 18.9. The lowest BCUT2D eigenvalue weighted by molar-refractivity contribution is -0.130. The van der Waals surface area contributed by atoms with Crippen molar-refractivity contribution in [3.05, 3.63) is 107 Å². The van der Waals surface area contributed by atoms with Gasteiger partial charge >= 0.3 is 0 Å². The lowest BCUT2D eigenvalue weighted by Crippen LogP contribution is -2.54. The van der Waals surface area contributed by atoms with Gasteiger partial charge < -0.3 is 16.4 Å². The van der Waals surface area contributed by atoms with Crippen LogP contribution in [0.3, 0.4) is 0 Å². The van der Waals surface area contributed by atoms with Gasteiger partial charge in [-0.1, -0.05) is 84.9 Å². The molecule has 0 saturated heterocycles. The summed E-state index contributed by atoms with van der Waals surface area (Å²) in [5.41, 5.74) is 8.24. The Kier molecular flexibility index (Phi) is 8.29. The second-order valence-electron chi connectivity index (χ2n) is 8.00. The highest BCUT2D eigenvalue weighted by molar-refractivity contribution is 6.08. The maximum absolute atomic E-state index is 12.9. The van der Waals surface area contributed by atoms with Gasteiger partial charge in [0.2, 0.25) is 17.7 Å². The van der Waals surface area contributed by atoms with Crippen molar-refractivity contribution in [2.45, 2.75) is 31.8 Å². The van der Waals surface area contributed by atoms with Gasteiger partial charge in [0.05, 0.1) is 0 Å². The summed E-state index contributed by atoms with van der Waals surface area (Å²) in [5, 5.41) is 5.29. The molecule has 174 valence electrons. The molecule has 3 rings (SSSR count). The molecule has 0 bridgehead atoms. The third-order valence-electron chi connectivity index (χ3n) is 5.33. The topological polar surface area (TPSA) is 118 Å². The van der Waals surface area contributed by atoms with E-state index < -0.39 is 23.9 Å².